The van der Waals surface area contributed by atoms with Crippen LogP contribution in [0.15, 0.2) is 11.6 Å². The number of aliphatic hydroxyl groups excluding tert-OH is 2. The van der Waals surface area contributed by atoms with Crippen molar-refractivity contribution in [2.75, 3.05) is 0 Å². The van der Waals surface area contributed by atoms with Crippen LogP contribution in [0, 0.1) is 34.5 Å². The van der Waals surface area contributed by atoms with E-state index in [2.05, 4.69) is 19.9 Å². The fourth-order valence-electron chi connectivity index (χ4n) is 8.15. The summed E-state index contributed by atoms with van der Waals surface area (Å²) in [5.74, 6) is 2.50. The normalized spacial score (nSPS) is 42.4. The number of hydrogen-bond donors (Lipinski definition) is 2. The summed E-state index contributed by atoms with van der Waals surface area (Å²) in [4.78, 5) is 0. The molecule has 2 nitrogen and oxygen atoms in total. The molecule has 186 valence electrons. The van der Waals surface area contributed by atoms with Gasteiger partial charge in [-0.2, -0.15) is 13.2 Å². The number of alkyl halides is 3. The lowest BCUT2D eigenvalue weighted by atomic mass is 9.43. The second kappa shape index (κ2) is 9.98. The summed E-state index contributed by atoms with van der Waals surface area (Å²) in [5, 5.41) is 19.5. The molecule has 0 saturated heterocycles. The third kappa shape index (κ3) is 4.80. The lowest BCUT2D eigenvalue weighted by Crippen LogP contribution is -2.53. The Morgan fingerprint density at radius 3 is 2.47 bits per heavy atom. The summed E-state index contributed by atoms with van der Waals surface area (Å²) in [7, 11) is 0. The molecule has 0 aliphatic heterocycles. The van der Waals surface area contributed by atoms with Crippen LogP contribution in [0.5, 0.6) is 0 Å². The van der Waals surface area contributed by atoms with Crippen LogP contribution in [0.25, 0.3) is 0 Å². The number of halogens is 3. The van der Waals surface area contributed by atoms with Gasteiger partial charge in [0.15, 0.2) is 0 Å². The third-order valence-electron chi connectivity index (χ3n) is 9.92. The van der Waals surface area contributed by atoms with Crippen LogP contribution in [0.1, 0.15) is 105 Å². The van der Waals surface area contributed by atoms with Gasteiger partial charge in [-0.15, -0.1) is 0 Å². The Hall–Kier alpha value is -0.550. The zero-order valence-corrected chi connectivity index (χ0v) is 20.6. The van der Waals surface area contributed by atoms with Crippen molar-refractivity contribution in [1.82, 2.24) is 0 Å². The maximum atomic E-state index is 12.7. The molecule has 2 N–H and O–H groups in total. The van der Waals surface area contributed by atoms with E-state index >= 15 is 0 Å². The maximum Gasteiger partial charge on any atom is 0.414 e. The van der Waals surface area contributed by atoms with Crippen molar-refractivity contribution in [2.24, 2.45) is 34.5 Å². The molecule has 0 bridgehead atoms. The van der Waals surface area contributed by atoms with Crippen LogP contribution >= 0.6 is 0 Å². The highest BCUT2D eigenvalue weighted by molar-refractivity contribution is 5.25. The monoisotopic (exact) mass is 458 g/mol. The lowest BCUT2D eigenvalue weighted by Gasteiger charge is -2.62. The topological polar surface area (TPSA) is 40.5 Å². The first kappa shape index (κ1) is 26.1. The zero-order chi connectivity index (χ0) is 23.7. The molecule has 0 aromatic heterocycles. The Labute approximate surface area is 193 Å². The van der Waals surface area contributed by atoms with Gasteiger partial charge in [0.05, 0.1) is 6.10 Å². The lowest BCUT2D eigenvalue weighted by molar-refractivity contribution is -0.206. The number of hydrogen-bond acceptors (Lipinski definition) is 2. The largest absolute Gasteiger partial charge is 0.414 e. The predicted octanol–water partition coefficient (Wildman–Crippen LogP) is 7.44. The van der Waals surface area contributed by atoms with Crippen molar-refractivity contribution < 1.29 is 23.4 Å². The zero-order valence-electron chi connectivity index (χ0n) is 20.6. The molecule has 0 amide bonds. The molecule has 8 atom stereocenters. The van der Waals surface area contributed by atoms with Crippen molar-refractivity contribution in [2.45, 2.75) is 123 Å². The van der Waals surface area contributed by atoms with Crippen LogP contribution in [0.4, 0.5) is 13.2 Å². The Bertz CT molecular complexity index is 660. The highest BCUT2D eigenvalue weighted by Crippen LogP contribution is 2.65. The van der Waals surface area contributed by atoms with Crippen LogP contribution in [-0.2, 0) is 0 Å². The number of rotatable bonds is 4. The standard InChI is InChI=1S/C25H39F3O2.C2H6/c1-23-14-12-21-19(10-9-17-15-18(29)11-13-24(17,21)2)20(23)7-3-5-16(23)6-4-8-22(30)25(26,27)28;1-2/h9,16,18-22,29-30H,3-8,10-15H2,1-2H3;1-2H3. The average molecular weight is 459 g/mol. The number of fused-ring (bicyclic) bond motifs is 5. The number of aliphatic hydroxyl groups is 2. The summed E-state index contributed by atoms with van der Waals surface area (Å²) in [6.45, 7) is 8.85. The molecule has 3 saturated carbocycles. The molecular formula is C27H45F3O2. The van der Waals surface area contributed by atoms with Gasteiger partial charge in [0.25, 0.3) is 0 Å². The van der Waals surface area contributed by atoms with Crippen molar-refractivity contribution in [3.63, 3.8) is 0 Å². The minimum Gasteiger partial charge on any atom is -0.393 e. The summed E-state index contributed by atoms with van der Waals surface area (Å²) < 4.78 is 38.0. The highest BCUT2D eigenvalue weighted by Gasteiger charge is 2.57. The Morgan fingerprint density at radius 1 is 1.06 bits per heavy atom. The van der Waals surface area contributed by atoms with E-state index in [1.165, 1.54) is 31.3 Å². The highest BCUT2D eigenvalue weighted by atomic mass is 19.4. The van der Waals surface area contributed by atoms with Gasteiger partial charge in [0, 0.05) is 0 Å². The summed E-state index contributed by atoms with van der Waals surface area (Å²) in [6, 6.07) is 0. The van der Waals surface area contributed by atoms with Gasteiger partial charge in [0.2, 0.25) is 0 Å². The molecule has 5 heteroatoms. The van der Waals surface area contributed by atoms with Gasteiger partial charge in [-0.3, -0.25) is 0 Å². The molecule has 4 rings (SSSR count). The van der Waals surface area contributed by atoms with Gasteiger partial charge in [-0.1, -0.05) is 52.2 Å². The average Bonchev–Trinajstić information content (AvgIpc) is 2.75. The van der Waals surface area contributed by atoms with Crippen molar-refractivity contribution in [1.29, 1.82) is 0 Å². The smallest absolute Gasteiger partial charge is 0.393 e. The maximum absolute atomic E-state index is 12.7. The van der Waals surface area contributed by atoms with Crippen LogP contribution < -0.4 is 0 Å². The van der Waals surface area contributed by atoms with E-state index in [1.54, 1.807) is 0 Å². The summed E-state index contributed by atoms with van der Waals surface area (Å²) in [5.41, 5.74) is 1.94. The molecule has 3 fully saturated rings. The molecule has 0 radical (unpaired) electrons. The molecule has 8 unspecified atom stereocenters. The first-order valence-electron chi connectivity index (χ1n) is 13.2. The van der Waals surface area contributed by atoms with Crippen molar-refractivity contribution >= 4 is 0 Å². The van der Waals surface area contributed by atoms with Gasteiger partial charge in [-0.25, -0.2) is 0 Å². The molecular weight excluding hydrogens is 413 g/mol. The summed E-state index contributed by atoms with van der Waals surface area (Å²) in [6.07, 6.45) is 6.58. The second-order valence-corrected chi connectivity index (χ2v) is 11.3. The Morgan fingerprint density at radius 2 is 1.78 bits per heavy atom. The van der Waals surface area contributed by atoms with E-state index < -0.39 is 12.3 Å². The van der Waals surface area contributed by atoms with Crippen molar-refractivity contribution in [3.05, 3.63) is 11.6 Å². The van der Waals surface area contributed by atoms with Crippen molar-refractivity contribution in [3.8, 4) is 0 Å². The van der Waals surface area contributed by atoms with E-state index in [0.29, 0.717) is 30.1 Å². The van der Waals surface area contributed by atoms with Crippen LogP contribution in [0.3, 0.4) is 0 Å². The predicted molar refractivity (Wildman–Crippen MR) is 123 cm³/mol. The Balaban J connectivity index is 0.00000141. The van der Waals surface area contributed by atoms with Gasteiger partial charge in [0.1, 0.15) is 6.10 Å². The quantitative estimate of drug-likeness (QED) is 0.430. The minimum absolute atomic E-state index is 0.167. The van der Waals surface area contributed by atoms with Gasteiger partial charge in [-0.05, 0) is 98.7 Å². The molecule has 4 aliphatic rings. The molecule has 0 aromatic rings. The third-order valence-corrected chi connectivity index (χ3v) is 9.92. The van der Waals surface area contributed by atoms with E-state index in [9.17, 15) is 23.4 Å². The Kier molecular flexibility index (Phi) is 8.13. The molecule has 0 spiro atoms. The molecule has 4 aliphatic carbocycles. The SMILES string of the molecule is CC.CC12CCC(O)CC1=CCC1C2CCC2(C)C(CCCC(O)C(F)(F)F)CCCC12. The number of allylic oxidation sites excluding steroid dienone is 1. The second-order valence-electron chi connectivity index (χ2n) is 11.3. The molecule has 0 heterocycles. The first-order chi connectivity index (χ1) is 15.1. The van der Waals surface area contributed by atoms with Crippen LogP contribution in [-0.4, -0.2) is 28.6 Å². The van der Waals surface area contributed by atoms with E-state index in [-0.39, 0.29) is 23.4 Å². The fraction of sp³-hybridized carbons (Fsp3) is 0.926. The van der Waals surface area contributed by atoms with Gasteiger partial charge >= 0.3 is 6.18 Å². The minimum atomic E-state index is -4.49. The fourth-order valence-corrected chi connectivity index (χ4v) is 8.15. The molecule has 32 heavy (non-hydrogen) atoms. The van der Waals surface area contributed by atoms with E-state index in [1.807, 2.05) is 13.8 Å². The van der Waals surface area contributed by atoms with E-state index in [4.69, 9.17) is 0 Å². The van der Waals surface area contributed by atoms with Gasteiger partial charge < -0.3 is 10.2 Å². The molecule has 0 aromatic carbocycles. The first-order valence-corrected chi connectivity index (χ1v) is 13.2. The van der Waals surface area contributed by atoms with Crippen LogP contribution in [0.2, 0.25) is 0 Å². The summed E-state index contributed by atoms with van der Waals surface area (Å²) >= 11 is 0. The van der Waals surface area contributed by atoms with E-state index in [0.717, 1.165) is 38.5 Å².